The van der Waals surface area contributed by atoms with Crippen LogP contribution in [0.1, 0.15) is 28.2 Å². The Morgan fingerprint density at radius 3 is 2.74 bits per heavy atom. The molecular formula is C16H19N3O3S. The highest BCUT2D eigenvalue weighted by molar-refractivity contribution is 7.91. The van der Waals surface area contributed by atoms with Gasteiger partial charge in [-0.05, 0) is 38.5 Å². The van der Waals surface area contributed by atoms with Crippen molar-refractivity contribution < 1.29 is 13.2 Å². The van der Waals surface area contributed by atoms with Gasteiger partial charge in [-0.1, -0.05) is 6.07 Å². The highest BCUT2D eigenvalue weighted by atomic mass is 32.2. The minimum absolute atomic E-state index is 0.0255. The van der Waals surface area contributed by atoms with Gasteiger partial charge in [0.25, 0.3) is 5.91 Å². The van der Waals surface area contributed by atoms with Crippen LogP contribution in [0.5, 0.6) is 0 Å². The summed E-state index contributed by atoms with van der Waals surface area (Å²) in [5.41, 5.74) is 2.25. The third-order valence-electron chi connectivity index (χ3n) is 4.12. The molecule has 122 valence electrons. The number of aryl methyl sites for hydroxylation is 1. The predicted octanol–water partition coefficient (Wildman–Crippen LogP) is 1.41. The lowest BCUT2D eigenvalue weighted by Gasteiger charge is -2.11. The predicted molar refractivity (Wildman–Crippen MR) is 87.6 cm³/mol. The topological polar surface area (TPSA) is 81.1 Å². The van der Waals surface area contributed by atoms with Gasteiger partial charge < -0.3 is 9.88 Å². The molecule has 2 aromatic heterocycles. The Labute approximate surface area is 135 Å². The molecule has 1 saturated heterocycles. The SMILES string of the molecule is Cc1cc(C(=O)N[C@H]2CCS(=O)(=O)C2)c(C)n1-c1ccccn1. The van der Waals surface area contributed by atoms with Crippen LogP contribution in [0.25, 0.3) is 5.82 Å². The van der Waals surface area contributed by atoms with E-state index in [2.05, 4.69) is 10.3 Å². The summed E-state index contributed by atoms with van der Waals surface area (Å²) in [6, 6.07) is 7.12. The van der Waals surface area contributed by atoms with E-state index < -0.39 is 9.84 Å². The summed E-state index contributed by atoms with van der Waals surface area (Å²) in [6.45, 7) is 3.78. The van der Waals surface area contributed by atoms with E-state index in [1.54, 1.807) is 6.20 Å². The Morgan fingerprint density at radius 1 is 1.35 bits per heavy atom. The summed E-state index contributed by atoms with van der Waals surface area (Å²) in [5, 5.41) is 2.83. The van der Waals surface area contributed by atoms with Gasteiger partial charge in [0.05, 0.1) is 17.1 Å². The molecule has 23 heavy (non-hydrogen) atoms. The van der Waals surface area contributed by atoms with E-state index in [1.165, 1.54) is 0 Å². The fraction of sp³-hybridized carbons (Fsp3) is 0.375. The molecule has 1 aliphatic rings. The average molecular weight is 333 g/mol. The van der Waals surface area contributed by atoms with E-state index in [-0.39, 0.29) is 23.5 Å². The Balaban J connectivity index is 1.85. The number of carbonyl (C=O) groups is 1. The third kappa shape index (κ3) is 3.14. The summed E-state index contributed by atoms with van der Waals surface area (Å²) in [5.74, 6) is 0.690. The van der Waals surface area contributed by atoms with Crippen LogP contribution in [0.2, 0.25) is 0 Å². The molecule has 1 amide bonds. The standard InChI is InChI=1S/C16H19N3O3S/c1-11-9-14(12(2)19(11)15-5-3-4-7-17-15)16(20)18-13-6-8-23(21,22)10-13/h3-5,7,9,13H,6,8,10H2,1-2H3,(H,18,20)/t13-/m0/s1. The quantitative estimate of drug-likeness (QED) is 0.921. The molecular weight excluding hydrogens is 314 g/mol. The lowest BCUT2D eigenvalue weighted by Crippen LogP contribution is -2.35. The molecule has 0 unspecified atom stereocenters. The van der Waals surface area contributed by atoms with Crippen molar-refractivity contribution in [2.75, 3.05) is 11.5 Å². The maximum atomic E-state index is 12.5. The normalized spacial score (nSPS) is 19.7. The highest BCUT2D eigenvalue weighted by Crippen LogP contribution is 2.20. The van der Waals surface area contributed by atoms with Crippen molar-refractivity contribution >= 4 is 15.7 Å². The second kappa shape index (κ2) is 5.81. The van der Waals surface area contributed by atoms with E-state index >= 15 is 0 Å². The zero-order chi connectivity index (χ0) is 16.6. The van der Waals surface area contributed by atoms with Crippen LogP contribution in [0.4, 0.5) is 0 Å². The van der Waals surface area contributed by atoms with Gasteiger partial charge in [-0.15, -0.1) is 0 Å². The van der Waals surface area contributed by atoms with E-state index in [4.69, 9.17) is 0 Å². The number of pyridine rings is 1. The van der Waals surface area contributed by atoms with Crippen molar-refractivity contribution in [2.24, 2.45) is 0 Å². The number of hydrogen-bond acceptors (Lipinski definition) is 4. The van der Waals surface area contributed by atoms with E-state index in [9.17, 15) is 13.2 Å². The zero-order valence-electron chi connectivity index (χ0n) is 13.1. The molecule has 0 saturated carbocycles. The largest absolute Gasteiger partial charge is 0.348 e. The molecule has 3 heterocycles. The molecule has 6 nitrogen and oxygen atoms in total. The van der Waals surface area contributed by atoms with Crippen LogP contribution >= 0.6 is 0 Å². The molecule has 3 rings (SSSR count). The van der Waals surface area contributed by atoms with Gasteiger partial charge in [0.1, 0.15) is 5.82 Å². The highest BCUT2D eigenvalue weighted by Gasteiger charge is 2.30. The van der Waals surface area contributed by atoms with E-state index in [1.807, 2.05) is 42.7 Å². The summed E-state index contributed by atoms with van der Waals surface area (Å²) in [6.07, 6.45) is 2.18. The van der Waals surface area contributed by atoms with Crippen LogP contribution < -0.4 is 5.32 Å². The first-order chi connectivity index (χ1) is 10.9. The lowest BCUT2D eigenvalue weighted by atomic mass is 10.2. The smallest absolute Gasteiger partial charge is 0.253 e. The first-order valence-corrected chi connectivity index (χ1v) is 9.31. The van der Waals surface area contributed by atoms with Crippen molar-refractivity contribution in [2.45, 2.75) is 26.3 Å². The summed E-state index contributed by atoms with van der Waals surface area (Å²) in [7, 11) is -3.01. The molecule has 0 aromatic carbocycles. The monoisotopic (exact) mass is 333 g/mol. The third-order valence-corrected chi connectivity index (χ3v) is 5.89. The number of carbonyl (C=O) groups excluding carboxylic acids is 1. The van der Waals surface area contributed by atoms with Crippen LogP contribution in [0.15, 0.2) is 30.5 Å². The van der Waals surface area contributed by atoms with Crippen LogP contribution in [0, 0.1) is 13.8 Å². The number of amides is 1. The Morgan fingerprint density at radius 2 is 2.13 bits per heavy atom. The summed E-state index contributed by atoms with van der Waals surface area (Å²) in [4.78, 5) is 16.8. The van der Waals surface area contributed by atoms with E-state index in [0.717, 1.165) is 17.2 Å². The zero-order valence-corrected chi connectivity index (χ0v) is 13.9. The van der Waals surface area contributed by atoms with Gasteiger partial charge in [-0.3, -0.25) is 4.79 Å². The lowest BCUT2D eigenvalue weighted by molar-refractivity contribution is 0.0940. The Kier molecular flexibility index (Phi) is 3.97. The number of nitrogens with zero attached hydrogens (tertiary/aromatic N) is 2. The van der Waals surface area contributed by atoms with Crippen molar-refractivity contribution in [1.29, 1.82) is 0 Å². The first kappa shape index (κ1) is 15.7. The fourth-order valence-electron chi connectivity index (χ4n) is 3.00. The van der Waals surface area contributed by atoms with Gasteiger partial charge in [0.2, 0.25) is 0 Å². The molecule has 0 bridgehead atoms. The van der Waals surface area contributed by atoms with Gasteiger partial charge in [0.15, 0.2) is 9.84 Å². The first-order valence-electron chi connectivity index (χ1n) is 7.49. The molecule has 1 N–H and O–H groups in total. The Hall–Kier alpha value is -2.15. The molecule has 0 spiro atoms. The molecule has 0 radical (unpaired) electrons. The van der Waals surface area contributed by atoms with Crippen LogP contribution in [-0.4, -0.2) is 41.4 Å². The summed E-state index contributed by atoms with van der Waals surface area (Å²) >= 11 is 0. The minimum atomic E-state index is -3.01. The maximum Gasteiger partial charge on any atom is 0.253 e. The Bertz CT molecular complexity index is 841. The fourth-order valence-corrected chi connectivity index (χ4v) is 4.68. The molecule has 1 fully saturated rings. The number of rotatable bonds is 3. The van der Waals surface area contributed by atoms with Crippen molar-refractivity contribution in [3.05, 3.63) is 47.4 Å². The number of aromatic nitrogens is 2. The molecule has 0 aliphatic carbocycles. The van der Waals surface area contributed by atoms with Gasteiger partial charge in [0, 0.05) is 23.6 Å². The van der Waals surface area contributed by atoms with Crippen LogP contribution in [0.3, 0.4) is 0 Å². The van der Waals surface area contributed by atoms with Crippen molar-refractivity contribution in [3.63, 3.8) is 0 Å². The van der Waals surface area contributed by atoms with Crippen LogP contribution in [-0.2, 0) is 9.84 Å². The molecule has 1 atom stereocenters. The van der Waals surface area contributed by atoms with Gasteiger partial charge in [-0.25, -0.2) is 13.4 Å². The van der Waals surface area contributed by atoms with Crippen molar-refractivity contribution in [1.82, 2.24) is 14.9 Å². The average Bonchev–Trinajstić information content (AvgIpc) is 2.99. The minimum Gasteiger partial charge on any atom is -0.348 e. The second-order valence-electron chi connectivity index (χ2n) is 5.88. The molecule has 7 heteroatoms. The molecule has 1 aliphatic heterocycles. The number of hydrogen-bond donors (Lipinski definition) is 1. The van der Waals surface area contributed by atoms with Crippen molar-refractivity contribution in [3.8, 4) is 5.82 Å². The summed E-state index contributed by atoms with van der Waals surface area (Å²) < 4.78 is 24.9. The maximum absolute atomic E-state index is 12.5. The van der Waals surface area contributed by atoms with Gasteiger partial charge in [-0.2, -0.15) is 0 Å². The second-order valence-corrected chi connectivity index (χ2v) is 8.11. The molecule has 2 aromatic rings. The number of nitrogens with one attached hydrogen (secondary N) is 1. The number of sulfone groups is 1. The van der Waals surface area contributed by atoms with E-state index in [0.29, 0.717) is 12.0 Å². The van der Waals surface area contributed by atoms with Gasteiger partial charge >= 0.3 is 0 Å².